The molecule has 0 saturated carbocycles. The average molecular weight is 302 g/mol. The van der Waals surface area contributed by atoms with Crippen molar-refractivity contribution in [2.24, 2.45) is 0 Å². The van der Waals surface area contributed by atoms with Gasteiger partial charge in [0.15, 0.2) is 0 Å². The minimum atomic E-state index is -0.147. The van der Waals surface area contributed by atoms with Crippen molar-refractivity contribution >= 4 is 17.4 Å². The lowest BCUT2D eigenvalue weighted by atomic mass is 10.2. The lowest BCUT2D eigenvalue weighted by Crippen LogP contribution is -2.34. The smallest absolute Gasteiger partial charge is 0.308 e. The van der Waals surface area contributed by atoms with Crippen LogP contribution in [0, 0.1) is 0 Å². The highest BCUT2D eigenvalue weighted by Crippen LogP contribution is 2.18. The van der Waals surface area contributed by atoms with Gasteiger partial charge in [0, 0.05) is 11.4 Å². The van der Waals surface area contributed by atoms with Crippen LogP contribution in [0.3, 0.4) is 0 Å². The Kier molecular flexibility index (Phi) is 4.69. The van der Waals surface area contributed by atoms with Gasteiger partial charge in [-0.25, -0.2) is 4.79 Å². The van der Waals surface area contributed by atoms with Crippen LogP contribution < -0.4 is 10.2 Å². The Morgan fingerprint density at radius 1 is 0.739 bits per heavy atom. The van der Waals surface area contributed by atoms with Crippen LogP contribution in [0.2, 0.25) is 0 Å². The lowest BCUT2D eigenvalue weighted by Gasteiger charge is -2.23. The minimum Gasteiger partial charge on any atom is -0.308 e. The third kappa shape index (κ3) is 3.98. The molecule has 3 aromatic carbocycles. The molecule has 0 spiro atoms. The molecule has 23 heavy (non-hydrogen) atoms. The number of amides is 2. The summed E-state index contributed by atoms with van der Waals surface area (Å²) in [6.07, 6.45) is 0. The van der Waals surface area contributed by atoms with Crippen LogP contribution in [-0.2, 0) is 6.54 Å². The fraction of sp³-hybridized carbons (Fsp3) is 0.0500. The summed E-state index contributed by atoms with van der Waals surface area (Å²) in [6, 6.07) is 29.0. The molecular formula is C20H18N2O. The first-order chi connectivity index (χ1) is 11.3. The van der Waals surface area contributed by atoms with E-state index in [0.717, 1.165) is 16.9 Å². The molecule has 3 heteroatoms. The molecule has 0 saturated heterocycles. The predicted octanol–water partition coefficient (Wildman–Crippen LogP) is 4.93. The monoisotopic (exact) mass is 302 g/mol. The number of nitrogens with one attached hydrogen (secondary N) is 1. The van der Waals surface area contributed by atoms with Gasteiger partial charge < -0.3 is 5.32 Å². The van der Waals surface area contributed by atoms with E-state index in [9.17, 15) is 4.79 Å². The van der Waals surface area contributed by atoms with Crippen LogP contribution in [0.4, 0.5) is 16.2 Å². The predicted molar refractivity (Wildman–Crippen MR) is 94.5 cm³/mol. The number of carbonyl (C=O) groups is 1. The summed E-state index contributed by atoms with van der Waals surface area (Å²) >= 11 is 0. The zero-order valence-corrected chi connectivity index (χ0v) is 12.7. The van der Waals surface area contributed by atoms with Gasteiger partial charge >= 0.3 is 6.03 Å². The lowest BCUT2D eigenvalue weighted by molar-refractivity contribution is 0.256. The number of nitrogens with zero attached hydrogens (tertiary/aromatic N) is 1. The fourth-order valence-electron chi connectivity index (χ4n) is 2.37. The molecule has 0 aliphatic heterocycles. The van der Waals surface area contributed by atoms with Crippen LogP contribution in [0.5, 0.6) is 0 Å². The molecule has 3 aromatic rings. The van der Waals surface area contributed by atoms with Gasteiger partial charge in [-0.15, -0.1) is 0 Å². The molecule has 2 amide bonds. The molecule has 0 aliphatic carbocycles. The van der Waals surface area contributed by atoms with E-state index in [-0.39, 0.29) is 6.03 Å². The van der Waals surface area contributed by atoms with E-state index in [0.29, 0.717) is 6.54 Å². The number of hydrogen-bond acceptors (Lipinski definition) is 1. The highest BCUT2D eigenvalue weighted by Gasteiger charge is 2.16. The van der Waals surface area contributed by atoms with E-state index in [2.05, 4.69) is 5.32 Å². The first kappa shape index (κ1) is 14.9. The van der Waals surface area contributed by atoms with E-state index < -0.39 is 0 Å². The van der Waals surface area contributed by atoms with Crippen molar-refractivity contribution in [3.8, 4) is 0 Å². The van der Waals surface area contributed by atoms with E-state index in [1.165, 1.54) is 0 Å². The Morgan fingerprint density at radius 3 is 1.87 bits per heavy atom. The third-order valence-corrected chi connectivity index (χ3v) is 3.52. The van der Waals surface area contributed by atoms with Gasteiger partial charge in [0.1, 0.15) is 0 Å². The molecular weight excluding hydrogens is 284 g/mol. The van der Waals surface area contributed by atoms with Crippen molar-refractivity contribution in [1.82, 2.24) is 0 Å². The maximum Gasteiger partial charge on any atom is 0.326 e. The molecule has 1 N–H and O–H groups in total. The zero-order valence-electron chi connectivity index (χ0n) is 12.7. The second kappa shape index (κ2) is 7.27. The van der Waals surface area contributed by atoms with E-state index >= 15 is 0 Å². The first-order valence-corrected chi connectivity index (χ1v) is 7.55. The van der Waals surface area contributed by atoms with Gasteiger partial charge in [-0.1, -0.05) is 66.7 Å². The summed E-state index contributed by atoms with van der Waals surface area (Å²) in [7, 11) is 0. The van der Waals surface area contributed by atoms with E-state index in [1.807, 2.05) is 91.0 Å². The van der Waals surface area contributed by atoms with Crippen molar-refractivity contribution < 1.29 is 4.79 Å². The Labute approximate surface area is 136 Å². The standard InChI is InChI=1S/C20H18N2O/c23-20(21-18-12-6-2-7-13-18)22(19-14-8-3-9-15-19)16-17-10-4-1-5-11-17/h1-15H,16H2,(H,21,23). The van der Waals surface area contributed by atoms with Crippen LogP contribution in [-0.4, -0.2) is 6.03 Å². The summed E-state index contributed by atoms with van der Waals surface area (Å²) < 4.78 is 0. The molecule has 0 aliphatic rings. The Bertz CT molecular complexity index is 742. The second-order valence-electron chi connectivity index (χ2n) is 5.20. The van der Waals surface area contributed by atoms with Gasteiger partial charge in [0.2, 0.25) is 0 Å². The number of hydrogen-bond donors (Lipinski definition) is 1. The van der Waals surface area contributed by atoms with Crippen LogP contribution in [0.1, 0.15) is 5.56 Å². The molecule has 0 radical (unpaired) electrons. The van der Waals surface area contributed by atoms with Crippen LogP contribution in [0.25, 0.3) is 0 Å². The molecule has 0 fully saturated rings. The summed E-state index contributed by atoms with van der Waals surface area (Å²) in [5, 5.41) is 2.95. The number of carbonyl (C=O) groups excluding carboxylic acids is 1. The van der Waals surface area contributed by atoms with Gasteiger partial charge in [-0.05, 0) is 29.8 Å². The van der Waals surface area contributed by atoms with Crippen molar-refractivity contribution in [3.63, 3.8) is 0 Å². The molecule has 0 atom stereocenters. The van der Waals surface area contributed by atoms with Crippen LogP contribution in [0.15, 0.2) is 91.0 Å². The van der Waals surface area contributed by atoms with Crippen LogP contribution >= 0.6 is 0 Å². The van der Waals surface area contributed by atoms with Crippen molar-refractivity contribution in [1.29, 1.82) is 0 Å². The summed E-state index contributed by atoms with van der Waals surface area (Å²) in [5.41, 5.74) is 2.73. The number of benzene rings is 3. The van der Waals surface area contributed by atoms with Gasteiger partial charge in [0.05, 0.1) is 6.54 Å². The zero-order chi connectivity index (χ0) is 15.9. The Hall–Kier alpha value is -3.07. The van der Waals surface area contributed by atoms with Gasteiger partial charge in [-0.2, -0.15) is 0 Å². The van der Waals surface area contributed by atoms with Crippen molar-refractivity contribution in [3.05, 3.63) is 96.6 Å². The van der Waals surface area contributed by atoms with Gasteiger partial charge in [-0.3, -0.25) is 4.90 Å². The molecule has 0 heterocycles. The molecule has 0 aromatic heterocycles. The number of anilines is 2. The summed E-state index contributed by atoms with van der Waals surface area (Å²) in [4.78, 5) is 14.5. The highest BCUT2D eigenvalue weighted by molar-refractivity contribution is 6.01. The first-order valence-electron chi connectivity index (χ1n) is 7.55. The SMILES string of the molecule is O=C(Nc1ccccc1)N(Cc1ccccc1)c1ccccc1. The van der Waals surface area contributed by atoms with Gasteiger partial charge in [0.25, 0.3) is 0 Å². The molecule has 0 unspecified atom stereocenters. The Balaban J connectivity index is 1.84. The molecule has 3 nitrogen and oxygen atoms in total. The summed E-state index contributed by atoms with van der Waals surface area (Å²) in [6.45, 7) is 0.517. The van der Waals surface area contributed by atoms with Crippen molar-refractivity contribution in [2.45, 2.75) is 6.54 Å². The number of rotatable bonds is 4. The maximum atomic E-state index is 12.7. The number of urea groups is 1. The van der Waals surface area contributed by atoms with Crippen molar-refractivity contribution in [2.75, 3.05) is 10.2 Å². The molecule has 3 rings (SSSR count). The highest BCUT2D eigenvalue weighted by atomic mass is 16.2. The largest absolute Gasteiger partial charge is 0.326 e. The van der Waals surface area contributed by atoms with E-state index in [4.69, 9.17) is 0 Å². The van der Waals surface area contributed by atoms with E-state index in [1.54, 1.807) is 4.90 Å². The number of para-hydroxylation sites is 2. The fourth-order valence-corrected chi connectivity index (χ4v) is 2.37. The Morgan fingerprint density at radius 2 is 1.26 bits per heavy atom. The topological polar surface area (TPSA) is 32.3 Å². The molecule has 0 bridgehead atoms. The normalized spacial score (nSPS) is 10.1. The minimum absolute atomic E-state index is 0.147. The summed E-state index contributed by atoms with van der Waals surface area (Å²) in [5.74, 6) is 0. The maximum absolute atomic E-state index is 12.7. The average Bonchev–Trinajstić information content (AvgIpc) is 2.62. The third-order valence-electron chi connectivity index (χ3n) is 3.52. The molecule has 114 valence electrons. The quantitative estimate of drug-likeness (QED) is 0.728. The second-order valence-corrected chi connectivity index (χ2v) is 5.20.